The molecule has 1 aromatic heterocycles. The molecule has 0 radical (unpaired) electrons. The molecule has 0 aliphatic carbocycles. The lowest BCUT2D eigenvalue weighted by Crippen LogP contribution is -2.37. The Morgan fingerprint density at radius 3 is 3.19 bits per heavy atom. The summed E-state index contributed by atoms with van der Waals surface area (Å²) in [6.07, 6.45) is 3.02. The van der Waals surface area contributed by atoms with Crippen LogP contribution in [0.15, 0.2) is 6.33 Å². The minimum absolute atomic E-state index is 0.602. The molecule has 0 aromatic carbocycles. The first-order chi connectivity index (χ1) is 7.79. The highest BCUT2D eigenvalue weighted by Crippen LogP contribution is 2.09. The maximum atomic E-state index is 4.13. The van der Waals surface area contributed by atoms with E-state index < -0.39 is 0 Å². The number of fused-ring (bicyclic) bond motifs is 1. The van der Waals surface area contributed by atoms with Crippen molar-refractivity contribution >= 4 is 0 Å². The Hall–Kier alpha value is -0.940. The number of rotatable bonds is 5. The van der Waals surface area contributed by atoms with Gasteiger partial charge >= 0.3 is 0 Å². The lowest BCUT2D eigenvalue weighted by molar-refractivity contribution is 0.207. The molecule has 0 saturated carbocycles. The predicted molar refractivity (Wildman–Crippen MR) is 63.1 cm³/mol. The highest BCUT2D eigenvalue weighted by Gasteiger charge is 2.17. The van der Waals surface area contributed by atoms with Gasteiger partial charge in [0, 0.05) is 25.7 Å². The summed E-state index contributed by atoms with van der Waals surface area (Å²) in [5.41, 5.74) is 0. The summed E-state index contributed by atoms with van der Waals surface area (Å²) in [4.78, 5) is 2.46. The zero-order valence-electron chi connectivity index (χ0n) is 10.2. The zero-order chi connectivity index (χ0) is 11.4. The molecule has 0 saturated heterocycles. The summed E-state index contributed by atoms with van der Waals surface area (Å²) in [6, 6.07) is 0.602. The highest BCUT2D eigenvalue weighted by atomic mass is 15.3. The van der Waals surface area contributed by atoms with E-state index >= 15 is 0 Å². The molecule has 0 spiro atoms. The second-order valence-corrected chi connectivity index (χ2v) is 4.46. The van der Waals surface area contributed by atoms with Crippen LogP contribution in [0.25, 0.3) is 0 Å². The zero-order valence-corrected chi connectivity index (χ0v) is 10.2. The molecule has 1 aliphatic rings. The summed E-state index contributed by atoms with van der Waals surface area (Å²) < 4.78 is 2.14. The van der Waals surface area contributed by atoms with Crippen molar-refractivity contribution in [3.8, 4) is 0 Å². The van der Waals surface area contributed by atoms with Gasteiger partial charge < -0.3 is 9.88 Å². The molecule has 2 rings (SSSR count). The monoisotopic (exact) mass is 223 g/mol. The third-order valence-corrected chi connectivity index (χ3v) is 3.15. The van der Waals surface area contributed by atoms with E-state index in [-0.39, 0.29) is 0 Å². The van der Waals surface area contributed by atoms with Crippen LogP contribution >= 0.6 is 0 Å². The molecule has 16 heavy (non-hydrogen) atoms. The first kappa shape index (κ1) is 11.5. The average molecular weight is 223 g/mol. The minimum Gasteiger partial charge on any atom is -0.315 e. The van der Waals surface area contributed by atoms with Crippen LogP contribution in [-0.4, -0.2) is 45.3 Å². The number of hydrogen-bond acceptors (Lipinski definition) is 4. The van der Waals surface area contributed by atoms with Crippen molar-refractivity contribution in [3.63, 3.8) is 0 Å². The average Bonchev–Trinajstić information content (AvgIpc) is 2.74. The molecule has 1 N–H and O–H groups in total. The smallest absolute Gasteiger partial charge is 0.147 e. The van der Waals surface area contributed by atoms with Gasteiger partial charge in [-0.2, -0.15) is 0 Å². The molecule has 1 atom stereocenters. The number of nitrogens with one attached hydrogen (secondary N) is 1. The van der Waals surface area contributed by atoms with Crippen LogP contribution in [-0.2, 0) is 13.1 Å². The van der Waals surface area contributed by atoms with Crippen molar-refractivity contribution < 1.29 is 0 Å². The van der Waals surface area contributed by atoms with Gasteiger partial charge in [-0.15, -0.1) is 10.2 Å². The van der Waals surface area contributed by atoms with Crippen molar-refractivity contribution in [2.24, 2.45) is 0 Å². The fourth-order valence-electron chi connectivity index (χ4n) is 2.13. The summed E-state index contributed by atoms with van der Waals surface area (Å²) in [5.74, 6) is 1.10. The fraction of sp³-hybridized carbons (Fsp3) is 0.818. The van der Waals surface area contributed by atoms with E-state index in [4.69, 9.17) is 0 Å². The normalized spacial score (nSPS) is 18.4. The molecule has 0 fully saturated rings. The lowest BCUT2D eigenvalue weighted by Gasteiger charge is -2.27. The first-order valence-electron chi connectivity index (χ1n) is 6.12. The van der Waals surface area contributed by atoms with Crippen LogP contribution < -0.4 is 5.32 Å². The lowest BCUT2D eigenvalue weighted by atomic mass is 10.2. The van der Waals surface area contributed by atoms with Crippen molar-refractivity contribution in [2.75, 3.05) is 19.6 Å². The van der Waals surface area contributed by atoms with Gasteiger partial charge in [0.15, 0.2) is 0 Å². The fourth-order valence-corrected chi connectivity index (χ4v) is 2.13. The van der Waals surface area contributed by atoms with E-state index in [1.807, 2.05) is 6.33 Å². The van der Waals surface area contributed by atoms with Gasteiger partial charge in [0.1, 0.15) is 12.2 Å². The maximum absolute atomic E-state index is 4.13. The highest BCUT2D eigenvalue weighted by molar-refractivity contribution is 4.89. The third-order valence-electron chi connectivity index (χ3n) is 3.15. The van der Waals surface area contributed by atoms with Crippen LogP contribution in [0.1, 0.15) is 26.1 Å². The van der Waals surface area contributed by atoms with Crippen LogP contribution in [0.5, 0.6) is 0 Å². The Bertz CT molecular complexity index is 322. The van der Waals surface area contributed by atoms with E-state index in [0.29, 0.717) is 6.04 Å². The molecule has 90 valence electrons. The maximum Gasteiger partial charge on any atom is 0.147 e. The Labute approximate surface area is 96.8 Å². The Morgan fingerprint density at radius 2 is 2.38 bits per heavy atom. The second kappa shape index (κ2) is 5.41. The van der Waals surface area contributed by atoms with Gasteiger partial charge in [-0.25, -0.2) is 0 Å². The number of nitrogens with zero attached hydrogens (tertiary/aromatic N) is 4. The molecule has 5 nitrogen and oxygen atoms in total. The molecular formula is C11H21N5. The summed E-state index contributed by atoms with van der Waals surface area (Å²) in [7, 11) is 0. The topological polar surface area (TPSA) is 46.0 Å². The third kappa shape index (κ3) is 2.80. The van der Waals surface area contributed by atoms with Gasteiger partial charge in [0.25, 0.3) is 0 Å². The van der Waals surface area contributed by atoms with Gasteiger partial charge in [-0.3, -0.25) is 4.90 Å². The first-order valence-corrected chi connectivity index (χ1v) is 6.12. The standard InChI is InChI=1S/C11H21N5/c1-3-12-10(2)4-5-15-6-7-16-9-13-14-11(16)8-15/h9-10,12H,3-8H2,1-2H3. The molecular weight excluding hydrogens is 202 g/mol. The quantitative estimate of drug-likeness (QED) is 0.789. The van der Waals surface area contributed by atoms with Crippen LogP contribution in [0.2, 0.25) is 0 Å². The van der Waals surface area contributed by atoms with Crippen LogP contribution in [0.3, 0.4) is 0 Å². The van der Waals surface area contributed by atoms with Crippen molar-refractivity contribution in [1.82, 2.24) is 25.0 Å². The molecule has 1 unspecified atom stereocenters. The largest absolute Gasteiger partial charge is 0.315 e. The predicted octanol–water partition coefficient (Wildman–Crippen LogP) is 0.482. The van der Waals surface area contributed by atoms with Crippen molar-refractivity contribution in [3.05, 3.63) is 12.2 Å². The van der Waals surface area contributed by atoms with Crippen molar-refractivity contribution in [2.45, 2.75) is 39.4 Å². The summed E-state index contributed by atoms with van der Waals surface area (Å²) in [5, 5.41) is 11.5. The number of aromatic nitrogens is 3. The minimum atomic E-state index is 0.602. The van der Waals surface area contributed by atoms with Gasteiger partial charge in [-0.05, 0) is 19.9 Å². The molecule has 1 aliphatic heterocycles. The second-order valence-electron chi connectivity index (χ2n) is 4.46. The molecule has 1 aromatic rings. The molecule has 0 bridgehead atoms. The van der Waals surface area contributed by atoms with E-state index in [2.05, 4.69) is 38.8 Å². The molecule has 2 heterocycles. The Kier molecular flexibility index (Phi) is 3.90. The van der Waals surface area contributed by atoms with E-state index in [1.165, 1.54) is 6.42 Å². The van der Waals surface area contributed by atoms with E-state index in [9.17, 15) is 0 Å². The van der Waals surface area contributed by atoms with E-state index in [1.54, 1.807) is 0 Å². The summed E-state index contributed by atoms with van der Waals surface area (Å²) >= 11 is 0. The summed E-state index contributed by atoms with van der Waals surface area (Å²) in [6.45, 7) is 9.67. The van der Waals surface area contributed by atoms with Crippen LogP contribution in [0, 0.1) is 0 Å². The molecule has 5 heteroatoms. The van der Waals surface area contributed by atoms with Gasteiger partial charge in [0.05, 0.1) is 6.54 Å². The van der Waals surface area contributed by atoms with Gasteiger partial charge in [0.2, 0.25) is 0 Å². The number of hydrogen-bond donors (Lipinski definition) is 1. The van der Waals surface area contributed by atoms with Crippen LogP contribution in [0.4, 0.5) is 0 Å². The van der Waals surface area contributed by atoms with Crippen molar-refractivity contribution in [1.29, 1.82) is 0 Å². The Morgan fingerprint density at radius 1 is 1.50 bits per heavy atom. The Balaban J connectivity index is 1.77. The molecule has 0 amide bonds. The SMILES string of the molecule is CCNC(C)CCN1CCn2cnnc2C1. The van der Waals surface area contributed by atoms with Gasteiger partial charge in [-0.1, -0.05) is 6.92 Å². The van der Waals surface area contributed by atoms with E-state index in [0.717, 1.165) is 38.5 Å².